The zero-order valence-electron chi connectivity index (χ0n) is 11.9. The number of amides is 1. The summed E-state index contributed by atoms with van der Waals surface area (Å²) < 4.78 is 1.63. The highest BCUT2D eigenvalue weighted by Crippen LogP contribution is 2.18. The van der Waals surface area contributed by atoms with Crippen molar-refractivity contribution in [1.82, 2.24) is 25.1 Å². The van der Waals surface area contributed by atoms with Gasteiger partial charge in [-0.2, -0.15) is 5.10 Å². The van der Waals surface area contributed by atoms with E-state index in [1.165, 1.54) is 0 Å². The number of rotatable bonds is 6. The van der Waals surface area contributed by atoms with Gasteiger partial charge in [0.2, 0.25) is 5.91 Å². The van der Waals surface area contributed by atoms with Crippen LogP contribution in [0, 0.1) is 6.92 Å². The lowest BCUT2D eigenvalue weighted by Crippen LogP contribution is -2.29. The van der Waals surface area contributed by atoms with E-state index in [0.717, 1.165) is 30.0 Å². The third kappa shape index (κ3) is 4.01. The first-order valence-electron chi connectivity index (χ1n) is 7.03. The molecule has 21 heavy (non-hydrogen) atoms. The third-order valence-corrected chi connectivity index (χ3v) is 3.19. The first kappa shape index (κ1) is 13.5. The van der Waals surface area contributed by atoms with Gasteiger partial charge in [0.05, 0.1) is 24.1 Å². The van der Waals surface area contributed by atoms with Crippen molar-refractivity contribution in [3.8, 4) is 0 Å². The van der Waals surface area contributed by atoms with Crippen LogP contribution in [0.15, 0.2) is 24.7 Å². The predicted octanol–water partition coefficient (Wildman–Crippen LogP) is 0.872. The maximum atomic E-state index is 11.7. The standard InChI is InChI=1S/C14H18N6O/c1-10-15-5-4-12(18-10)6-16-13-7-17-20(8-13)9-14(21)19-11-2-3-11/h4-5,7-8,11,16H,2-3,6,9H2,1H3,(H,19,21). The van der Waals surface area contributed by atoms with Gasteiger partial charge in [-0.1, -0.05) is 0 Å². The molecule has 7 nitrogen and oxygen atoms in total. The molecule has 1 aliphatic rings. The first-order valence-corrected chi connectivity index (χ1v) is 7.03. The van der Waals surface area contributed by atoms with Crippen molar-refractivity contribution in [2.24, 2.45) is 0 Å². The highest BCUT2D eigenvalue weighted by molar-refractivity contribution is 5.76. The van der Waals surface area contributed by atoms with E-state index in [4.69, 9.17) is 0 Å². The van der Waals surface area contributed by atoms with Crippen LogP contribution in [0.1, 0.15) is 24.4 Å². The molecule has 0 atom stereocenters. The van der Waals surface area contributed by atoms with Gasteiger partial charge in [-0.25, -0.2) is 9.97 Å². The van der Waals surface area contributed by atoms with Crippen LogP contribution >= 0.6 is 0 Å². The van der Waals surface area contributed by atoms with Crippen LogP contribution in [-0.2, 0) is 17.9 Å². The minimum absolute atomic E-state index is 0.0126. The van der Waals surface area contributed by atoms with Gasteiger partial charge in [0.25, 0.3) is 0 Å². The number of anilines is 1. The second-order valence-electron chi connectivity index (χ2n) is 5.22. The van der Waals surface area contributed by atoms with Crippen molar-refractivity contribution in [3.63, 3.8) is 0 Å². The number of aromatic nitrogens is 4. The molecule has 0 aromatic carbocycles. The van der Waals surface area contributed by atoms with Crippen LogP contribution in [0.5, 0.6) is 0 Å². The van der Waals surface area contributed by atoms with Gasteiger partial charge in [-0.05, 0) is 25.8 Å². The molecule has 0 unspecified atom stereocenters. The molecule has 0 radical (unpaired) electrons. The largest absolute Gasteiger partial charge is 0.377 e. The van der Waals surface area contributed by atoms with E-state index in [2.05, 4.69) is 25.7 Å². The maximum absolute atomic E-state index is 11.7. The molecule has 0 saturated heterocycles. The second kappa shape index (κ2) is 5.90. The van der Waals surface area contributed by atoms with Crippen molar-refractivity contribution in [3.05, 3.63) is 36.2 Å². The number of hydrogen-bond donors (Lipinski definition) is 2. The molecule has 0 bridgehead atoms. The fraction of sp³-hybridized carbons (Fsp3) is 0.429. The molecule has 0 aliphatic heterocycles. The third-order valence-electron chi connectivity index (χ3n) is 3.19. The second-order valence-corrected chi connectivity index (χ2v) is 5.22. The van der Waals surface area contributed by atoms with Gasteiger partial charge in [0, 0.05) is 18.4 Å². The van der Waals surface area contributed by atoms with Crippen molar-refractivity contribution >= 4 is 11.6 Å². The van der Waals surface area contributed by atoms with Crippen molar-refractivity contribution in [2.75, 3.05) is 5.32 Å². The van der Waals surface area contributed by atoms with E-state index in [9.17, 15) is 4.79 Å². The number of aryl methyl sites for hydroxylation is 1. The summed E-state index contributed by atoms with van der Waals surface area (Å²) in [5, 5.41) is 10.3. The van der Waals surface area contributed by atoms with Crippen molar-refractivity contribution in [1.29, 1.82) is 0 Å². The molecule has 1 amide bonds. The van der Waals surface area contributed by atoms with Crippen LogP contribution in [0.2, 0.25) is 0 Å². The maximum Gasteiger partial charge on any atom is 0.241 e. The predicted molar refractivity (Wildman–Crippen MR) is 77.5 cm³/mol. The Morgan fingerprint density at radius 1 is 1.48 bits per heavy atom. The van der Waals surface area contributed by atoms with Gasteiger partial charge in [0.1, 0.15) is 12.4 Å². The number of nitrogens with one attached hydrogen (secondary N) is 2. The monoisotopic (exact) mass is 286 g/mol. The van der Waals surface area contributed by atoms with E-state index in [0.29, 0.717) is 12.6 Å². The summed E-state index contributed by atoms with van der Waals surface area (Å²) in [7, 11) is 0. The average Bonchev–Trinajstić information content (AvgIpc) is 3.14. The summed E-state index contributed by atoms with van der Waals surface area (Å²) in [6, 6.07) is 2.25. The molecular formula is C14H18N6O. The van der Waals surface area contributed by atoms with Crippen molar-refractivity contribution in [2.45, 2.75) is 38.9 Å². The van der Waals surface area contributed by atoms with Crippen LogP contribution < -0.4 is 10.6 Å². The van der Waals surface area contributed by atoms with E-state index >= 15 is 0 Å². The average molecular weight is 286 g/mol. The number of nitrogens with zero attached hydrogens (tertiary/aromatic N) is 4. The molecule has 1 saturated carbocycles. The zero-order valence-corrected chi connectivity index (χ0v) is 11.9. The Balaban J connectivity index is 1.51. The van der Waals surface area contributed by atoms with Gasteiger partial charge in [-0.3, -0.25) is 9.48 Å². The summed E-state index contributed by atoms with van der Waals surface area (Å²) in [6.07, 6.45) is 7.45. The molecule has 110 valence electrons. The van der Waals surface area contributed by atoms with E-state index in [1.807, 2.05) is 19.2 Å². The lowest BCUT2D eigenvalue weighted by atomic mass is 10.4. The molecule has 1 fully saturated rings. The highest BCUT2D eigenvalue weighted by atomic mass is 16.2. The van der Waals surface area contributed by atoms with Crippen molar-refractivity contribution < 1.29 is 4.79 Å². The summed E-state index contributed by atoms with van der Waals surface area (Å²) in [5.41, 5.74) is 1.78. The summed E-state index contributed by atoms with van der Waals surface area (Å²) in [4.78, 5) is 20.1. The molecule has 2 aromatic rings. The number of carbonyl (C=O) groups is 1. The molecule has 0 spiro atoms. The van der Waals surface area contributed by atoms with Gasteiger partial charge in [0.15, 0.2) is 0 Å². The minimum Gasteiger partial charge on any atom is -0.377 e. The first-order chi connectivity index (χ1) is 10.2. The van der Waals surface area contributed by atoms with Gasteiger partial charge >= 0.3 is 0 Å². The van der Waals surface area contributed by atoms with E-state index in [-0.39, 0.29) is 12.5 Å². The van der Waals surface area contributed by atoms with Crippen LogP contribution in [0.4, 0.5) is 5.69 Å². The topological polar surface area (TPSA) is 84.7 Å². The number of hydrogen-bond acceptors (Lipinski definition) is 5. The Hall–Kier alpha value is -2.44. The van der Waals surface area contributed by atoms with Crippen LogP contribution in [0.25, 0.3) is 0 Å². The quantitative estimate of drug-likeness (QED) is 0.823. The molecule has 1 aliphatic carbocycles. The van der Waals surface area contributed by atoms with E-state index < -0.39 is 0 Å². The minimum atomic E-state index is 0.0126. The Bertz CT molecular complexity index is 634. The molecule has 2 N–H and O–H groups in total. The normalized spacial score (nSPS) is 14.0. The Morgan fingerprint density at radius 2 is 2.33 bits per heavy atom. The fourth-order valence-electron chi connectivity index (χ4n) is 1.99. The molecule has 3 rings (SSSR count). The highest BCUT2D eigenvalue weighted by Gasteiger charge is 2.23. The summed E-state index contributed by atoms with van der Waals surface area (Å²) in [5.74, 6) is 0.764. The van der Waals surface area contributed by atoms with Crippen LogP contribution in [0.3, 0.4) is 0 Å². The Kier molecular flexibility index (Phi) is 3.81. The molecule has 7 heteroatoms. The van der Waals surface area contributed by atoms with Crippen LogP contribution in [-0.4, -0.2) is 31.7 Å². The zero-order chi connectivity index (χ0) is 14.7. The SMILES string of the molecule is Cc1nccc(CNc2cnn(CC(=O)NC3CC3)c2)n1. The smallest absolute Gasteiger partial charge is 0.241 e. The van der Waals surface area contributed by atoms with E-state index in [1.54, 1.807) is 17.1 Å². The number of carbonyl (C=O) groups excluding carboxylic acids is 1. The van der Waals surface area contributed by atoms with Gasteiger partial charge < -0.3 is 10.6 Å². The lowest BCUT2D eigenvalue weighted by molar-refractivity contribution is -0.122. The fourth-order valence-corrected chi connectivity index (χ4v) is 1.99. The summed E-state index contributed by atoms with van der Waals surface area (Å²) in [6.45, 7) is 2.72. The van der Waals surface area contributed by atoms with Gasteiger partial charge in [-0.15, -0.1) is 0 Å². The molecular weight excluding hydrogens is 268 g/mol. The summed E-state index contributed by atoms with van der Waals surface area (Å²) >= 11 is 0. The lowest BCUT2D eigenvalue weighted by Gasteiger charge is -2.04. The molecule has 2 aromatic heterocycles. The Labute approximate surface area is 122 Å². The Morgan fingerprint density at radius 3 is 3.10 bits per heavy atom. The molecule has 2 heterocycles.